The lowest BCUT2D eigenvalue weighted by Crippen LogP contribution is -1.84. The summed E-state index contributed by atoms with van der Waals surface area (Å²) in [5.41, 5.74) is 7.71. The van der Waals surface area contributed by atoms with Crippen LogP contribution in [-0.2, 0) is 0 Å². The van der Waals surface area contributed by atoms with Gasteiger partial charge in [0.2, 0.25) is 0 Å². The minimum atomic E-state index is 0.677. The van der Waals surface area contributed by atoms with Gasteiger partial charge in [0.25, 0.3) is 0 Å². The first-order valence-corrected chi connectivity index (χ1v) is 4.38. The van der Waals surface area contributed by atoms with Crippen molar-refractivity contribution in [1.82, 2.24) is 4.98 Å². The second-order valence-corrected chi connectivity index (χ2v) is 3.06. The fourth-order valence-corrected chi connectivity index (χ4v) is 1.35. The molecule has 0 saturated heterocycles. The average Bonchev–Trinajstić information content (AvgIpc) is 2.65. The minimum Gasteiger partial charge on any atom is -0.497 e. The van der Waals surface area contributed by atoms with Gasteiger partial charge < -0.3 is 15.5 Å². The first-order valence-electron chi connectivity index (χ1n) is 4.38. The molecule has 2 rings (SSSR count). The Balaban J connectivity index is 2.33. The van der Waals surface area contributed by atoms with Crippen molar-refractivity contribution < 1.29 is 4.74 Å². The average molecular weight is 188 g/mol. The predicted molar refractivity (Wildman–Crippen MR) is 57.2 cm³/mol. The van der Waals surface area contributed by atoms with Crippen LogP contribution in [0.3, 0.4) is 0 Å². The van der Waals surface area contributed by atoms with Gasteiger partial charge in [-0.2, -0.15) is 0 Å². The Kier molecular flexibility index (Phi) is 2.14. The maximum atomic E-state index is 5.59. The molecule has 2 aromatic rings. The summed E-state index contributed by atoms with van der Waals surface area (Å²) in [6.07, 6.45) is 0. The molecule has 0 unspecified atom stereocenters. The van der Waals surface area contributed by atoms with Gasteiger partial charge in [-0.05, 0) is 42.0 Å². The van der Waals surface area contributed by atoms with Crippen LogP contribution in [-0.4, -0.2) is 12.1 Å². The lowest BCUT2D eigenvalue weighted by atomic mass is 10.1. The number of hydrogen-bond donors (Lipinski definition) is 2. The first kappa shape index (κ1) is 8.69. The molecular formula is C11H12N2O. The highest BCUT2D eigenvalue weighted by Crippen LogP contribution is 2.21. The van der Waals surface area contributed by atoms with Crippen LogP contribution in [0.2, 0.25) is 0 Å². The molecule has 0 spiro atoms. The summed E-state index contributed by atoms with van der Waals surface area (Å²) < 4.78 is 5.08. The standard InChI is InChI=1S/C11H12N2O/c1-14-9-4-2-8(3-5-9)10-6-7-11(12)13-10/h2-7,13H,12H2,1H3. The number of H-pyrrole nitrogens is 1. The summed E-state index contributed by atoms with van der Waals surface area (Å²) in [6.45, 7) is 0. The Hall–Kier alpha value is -1.90. The Morgan fingerprint density at radius 2 is 1.79 bits per heavy atom. The van der Waals surface area contributed by atoms with Gasteiger partial charge in [0.1, 0.15) is 11.6 Å². The number of anilines is 1. The molecule has 3 N–H and O–H groups in total. The van der Waals surface area contributed by atoms with E-state index in [1.54, 1.807) is 7.11 Å². The van der Waals surface area contributed by atoms with Crippen LogP contribution in [0.5, 0.6) is 5.75 Å². The fraction of sp³-hybridized carbons (Fsp3) is 0.0909. The maximum absolute atomic E-state index is 5.59. The molecule has 1 heterocycles. The van der Waals surface area contributed by atoms with Gasteiger partial charge >= 0.3 is 0 Å². The second-order valence-electron chi connectivity index (χ2n) is 3.06. The molecule has 0 aliphatic rings. The van der Waals surface area contributed by atoms with Crippen molar-refractivity contribution in [3.63, 3.8) is 0 Å². The highest BCUT2D eigenvalue weighted by molar-refractivity contribution is 5.63. The molecule has 0 atom stereocenters. The highest BCUT2D eigenvalue weighted by atomic mass is 16.5. The molecular weight excluding hydrogens is 176 g/mol. The van der Waals surface area contributed by atoms with Crippen molar-refractivity contribution >= 4 is 5.82 Å². The molecule has 0 radical (unpaired) electrons. The van der Waals surface area contributed by atoms with Crippen LogP contribution < -0.4 is 10.5 Å². The molecule has 3 nitrogen and oxygen atoms in total. The van der Waals surface area contributed by atoms with Gasteiger partial charge in [-0.1, -0.05) is 0 Å². The quantitative estimate of drug-likeness (QED) is 0.759. The van der Waals surface area contributed by atoms with Crippen LogP contribution in [0.25, 0.3) is 11.3 Å². The normalized spacial score (nSPS) is 10.1. The van der Waals surface area contributed by atoms with Crippen LogP contribution in [0, 0.1) is 0 Å². The Morgan fingerprint density at radius 3 is 2.29 bits per heavy atom. The molecule has 0 aliphatic carbocycles. The number of benzene rings is 1. The van der Waals surface area contributed by atoms with E-state index in [9.17, 15) is 0 Å². The number of nitrogens with one attached hydrogen (secondary N) is 1. The molecule has 0 bridgehead atoms. The van der Waals surface area contributed by atoms with Crippen LogP contribution in [0.4, 0.5) is 5.82 Å². The molecule has 14 heavy (non-hydrogen) atoms. The lowest BCUT2D eigenvalue weighted by molar-refractivity contribution is 0.415. The van der Waals surface area contributed by atoms with Gasteiger partial charge in [0, 0.05) is 5.69 Å². The second kappa shape index (κ2) is 3.46. The summed E-state index contributed by atoms with van der Waals surface area (Å²) in [5.74, 6) is 1.53. The molecule has 0 saturated carbocycles. The van der Waals surface area contributed by atoms with E-state index in [0.29, 0.717) is 5.82 Å². The van der Waals surface area contributed by atoms with E-state index in [1.807, 2.05) is 36.4 Å². The lowest BCUT2D eigenvalue weighted by Gasteiger charge is -2.01. The highest BCUT2D eigenvalue weighted by Gasteiger charge is 1.99. The van der Waals surface area contributed by atoms with Crippen LogP contribution in [0.1, 0.15) is 0 Å². The smallest absolute Gasteiger partial charge is 0.118 e. The summed E-state index contributed by atoms with van der Waals surface area (Å²) in [6, 6.07) is 11.6. The number of rotatable bonds is 2. The zero-order valence-electron chi connectivity index (χ0n) is 7.95. The van der Waals surface area contributed by atoms with E-state index < -0.39 is 0 Å². The molecule has 72 valence electrons. The third kappa shape index (κ3) is 1.57. The number of hydrogen-bond acceptors (Lipinski definition) is 2. The molecule has 0 fully saturated rings. The van der Waals surface area contributed by atoms with E-state index in [-0.39, 0.29) is 0 Å². The largest absolute Gasteiger partial charge is 0.497 e. The van der Waals surface area contributed by atoms with Gasteiger partial charge in [-0.3, -0.25) is 0 Å². The van der Waals surface area contributed by atoms with Crippen molar-refractivity contribution in [3.8, 4) is 17.0 Å². The topological polar surface area (TPSA) is 51.0 Å². The Morgan fingerprint density at radius 1 is 1.07 bits per heavy atom. The first-order chi connectivity index (χ1) is 6.79. The van der Waals surface area contributed by atoms with Gasteiger partial charge in [-0.25, -0.2) is 0 Å². The van der Waals surface area contributed by atoms with Crippen LogP contribution in [0.15, 0.2) is 36.4 Å². The third-order valence-electron chi connectivity index (χ3n) is 2.11. The van der Waals surface area contributed by atoms with E-state index in [4.69, 9.17) is 10.5 Å². The zero-order chi connectivity index (χ0) is 9.97. The third-order valence-corrected chi connectivity index (χ3v) is 2.11. The summed E-state index contributed by atoms with van der Waals surface area (Å²) >= 11 is 0. The summed E-state index contributed by atoms with van der Waals surface area (Å²) in [4.78, 5) is 3.07. The maximum Gasteiger partial charge on any atom is 0.118 e. The fourth-order valence-electron chi connectivity index (χ4n) is 1.35. The number of ether oxygens (including phenoxy) is 1. The zero-order valence-corrected chi connectivity index (χ0v) is 7.95. The van der Waals surface area contributed by atoms with Crippen LogP contribution >= 0.6 is 0 Å². The van der Waals surface area contributed by atoms with E-state index in [0.717, 1.165) is 17.0 Å². The van der Waals surface area contributed by atoms with Gasteiger partial charge in [-0.15, -0.1) is 0 Å². The van der Waals surface area contributed by atoms with E-state index in [1.165, 1.54) is 0 Å². The molecule has 0 amide bonds. The van der Waals surface area contributed by atoms with Crippen molar-refractivity contribution in [2.75, 3.05) is 12.8 Å². The number of aromatic nitrogens is 1. The molecule has 1 aromatic carbocycles. The van der Waals surface area contributed by atoms with Crippen molar-refractivity contribution in [2.45, 2.75) is 0 Å². The van der Waals surface area contributed by atoms with Gasteiger partial charge in [0.15, 0.2) is 0 Å². The molecule has 3 heteroatoms. The number of nitrogens with two attached hydrogens (primary N) is 1. The SMILES string of the molecule is COc1ccc(-c2ccc(N)[nH]2)cc1. The molecule has 1 aromatic heterocycles. The predicted octanol–water partition coefficient (Wildman–Crippen LogP) is 2.27. The molecule has 0 aliphatic heterocycles. The Labute approximate surface area is 82.5 Å². The number of nitrogen functional groups attached to an aromatic ring is 1. The number of methoxy groups -OCH3 is 1. The summed E-state index contributed by atoms with van der Waals surface area (Å²) in [5, 5.41) is 0. The van der Waals surface area contributed by atoms with Gasteiger partial charge in [0.05, 0.1) is 7.11 Å². The van der Waals surface area contributed by atoms with E-state index in [2.05, 4.69) is 4.98 Å². The Bertz CT molecular complexity index is 417. The van der Waals surface area contributed by atoms with E-state index >= 15 is 0 Å². The van der Waals surface area contributed by atoms with Crippen molar-refractivity contribution in [1.29, 1.82) is 0 Å². The monoisotopic (exact) mass is 188 g/mol. The summed E-state index contributed by atoms with van der Waals surface area (Å²) in [7, 11) is 1.65. The van der Waals surface area contributed by atoms with Crippen molar-refractivity contribution in [2.24, 2.45) is 0 Å². The number of aromatic amines is 1. The minimum absolute atomic E-state index is 0.677. The van der Waals surface area contributed by atoms with Crippen molar-refractivity contribution in [3.05, 3.63) is 36.4 Å².